The zero-order valence-electron chi connectivity index (χ0n) is 10.3. The van der Waals surface area contributed by atoms with Crippen molar-refractivity contribution in [1.82, 2.24) is 5.32 Å². The van der Waals surface area contributed by atoms with Gasteiger partial charge in [0.05, 0.1) is 0 Å². The van der Waals surface area contributed by atoms with Crippen LogP contribution in [0.3, 0.4) is 0 Å². The molecule has 0 saturated heterocycles. The van der Waals surface area contributed by atoms with E-state index in [-0.39, 0.29) is 5.91 Å². The second kappa shape index (κ2) is 5.32. The molecule has 1 aliphatic rings. The van der Waals surface area contributed by atoms with Gasteiger partial charge in [0, 0.05) is 17.6 Å². The van der Waals surface area contributed by atoms with Crippen LogP contribution in [0.4, 0.5) is 0 Å². The van der Waals surface area contributed by atoms with Gasteiger partial charge >= 0.3 is 0 Å². The molecule has 1 aromatic carbocycles. The highest BCUT2D eigenvalue weighted by atomic mass is 16.1. The van der Waals surface area contributed by atoms with Crippen LogP contribution >= 0.6 is 0 Å². The molecule has 1 fully saturated rings. The number of benzene rings is 1. The van der Waals surface area contributed by atoms with E-state index in [0.29, 0.717) is 12.1 Å². The zero-order chi connectivity index (χ0) is 12.3. The van der Waals surface area contributed by atoms with Gasteiger partial charge in [-0.2, -0.15) is 0 Å². The fourth-order valence-corrected chi connectivity index (χ4v) is 2.32. The Morgan fingerprint density at radius 1 is 1.29 bits per heavy atom. The van der Waals surface area contributed by atoms with Crippen LogP contribution in [0, 0.1) is 6.92 Å². The number of rotatable bonds is 2. The summed E-state index contributed by atoms with van der Waals surface area (Å²) in [5.41, 5.74) is 7.71. The minimum Gasteiger partial charge on any atom is -0.349 e. The Morgan fingerprint density at radius 3 is 2.65 bits per heavy atom. The molecule has 0 heterocycles. The number of nitrogens with two attached hydrogens (primary N) is 1. The first-order valence-corrected chi connectivity index (χ1v) is 6.28. The number of carbonyl (C=O) groups excluding carboxylic acids is 1. The van der Waals surface area contributed by atoms with Crippen molar-refractivity contribution in [3.8, 4) is 0 Å². The average Bonchev–Trinajstić information content (AvgIpc) is 2.32. The van der Waals surface area contributed by atoms with Crippen molar-refractivity contribution in [2.75, 3.05) is 0 Å². The minimum atomic E-state index is 0.0363. The number of amides is 1. The van der Waals surface area contributed by atoms with Gasteiger partial charge in [-0.25, -0.2) is 0 Å². The molecule has 3 N–H and O–H groups in total. The van der Waals surface area contributed by atoms with Crippen molar-refractivity contribution in [3.63, 3.8) is 0 Å². The Labute approximate surface area is 102 Å². The molecule has 0 spiro atoms. The zero-order valence-corrected chi connectivity index (χ0v) is 10.3. The summed E-state index contributed by atoms with van der Waals surface area (Å²) in [6.45, 7) is 2.00. The molecule has 3 nitrogen and oxygen atoms in total. The molecule has 0 unspecified atom stereocenters. The summed E-state index contributed by atoms with van der Waals surface area (Å²) < 4.78 is 0. The molecule has 17 heavy (non-hydrogen) atoms. The summed E-state index contributed by atoms with van der Waals surface area (Å²) in [5.74, 6) is 0.0363. The van der Waals surface area contributed by atoms with Crippen LogP contribution in [0.5, 0.6) is 0 Å². The Kier molecular flexibility index (Phi) is 3.79. The molecular weight excluding hydrogens is 212 g/mol. The lowest BCUT2D eigenvalue weighted by Crippen LogP contribution is -2.40. The lowest BCUT2D eigenvalue weighted by Gasteiger charge is -2.26. The van der Waals surface area contributed by atoms with Crippen molar-refractivity contribution in [2.45, 2.75) is 44.7 Å². The number of hydrogen-bond donors (Lipinski definition) is 2. The van der Waals surface area contributed by atoms with Crippen LogP contribution in [0.15, 0.2) is 24.3 Å². The van der Waals surface area contributed by atoms with Gasteiger partial charge in [0.1, 0.15) is 0 Å². The lowest BCUT2D eigenvalue weighted by atomic mass is 9.91. The van der Waals surface area contributed by atoms with Crippen LogP contribution in [0.1, 0.15) is 41.6 Å². The smallest absolute Gasteiger partial charge is 0.251 e. The highest BCUT2D eigenvalue weighted by molar-refractivity contribution is 5.94. The van der Waals surface area contributed by atoms with E-state index in [1.807, 2.05) is 31.2 Å². The molecule has 1 aliphatic carbocycles. The molecule has 1 saturated carbocycles. The summed E-state index contributed by atoms with van der Waals surface area (Å²) in [7, 11) is 0. The molecule has 2 rings (SSSR count). The summed E-state index contributed by atoms with van der Waals surface area (Å²) in [5, 5.41) is 3.09. The first kappa shape index (κ1) is 12.1. The van der Waals surface area contributed by atoms with Gasteiger partial charge in [-0.3, -0.25) is 4.79 Å². The van der Waals surface area contributed by atoms with E-state index >= 15 is 0 Å². The predicted molar refractivity (Wildman–Crippen MR) is 68.9 cm³/mol. The van der Waals surface area contributed by atoms with E-state index < -0.39 is 0 Å². The molecular formula is C14H20N2O. The molecule has 0 aromatic heterocycles. The van der Waals surface area contributed by atoms with Crippen LogP contribution in [-0.2, 0) is 0 Å². The Bertz CT molecular complexity index is 395. The maximum Gasteiger partial charge on any atom is 0.251 e. The van der Waals surface area contributed by atoms with Crippen molar-refractivity contribution < 1.29 is 4.79 Å². The molecule has 3 heteroatoms. The summed E-state index contributed by atoms with van der Waals surface area (Å²) in [4.78, 5) is 12.0. The highest BCUT2D eigenvalue weighted by Crippen LogP contribution is 2.17. The second-order valence-corrected chi connectivity index (χ2v) is 4.95. The van der Waals surface area contributed by atoms with Crippen molar-refractivity contribution in [2.24, 2.45) is 5.73 Å². The van der Waals surface area contributed by atoms with Gasteiger partial charge in [-0.15, -0.1) is 0 Å². The molecule has 1 aromatic rings. The van der Waals surface area contributed by atoms with E-state index in [1.54, 1.807) is 0 Å². The van der Waals surface area contributed by atoms with Gasteiger partial charge in [0.25, 0.3) is 5.91 Å². The highest BCUT2D eigenvalue weighted by Gasteiger charge is 2.20. The summed E-state index contributed by atoms with van der Waals surface area (Å²) in [6, 6.07) is 8.31. The summed E-state index contributed by atoms with van der Waals surface area (Å²) in [6.07, 6.45) is 4.02. The molecule has 0 bridgehead atoms. The maximum atomic E-state index is 12.0. The third-order valence-electron chi connectivity index (χ3n) is 3.39. The molecule has 1 amide bonds. The van der Waals surface area contributed by atoms with Crippen molar-refractivity contribution >= 4 is 5.91 Å². The van der Waals surface area contributed by atoms with E-state index in [1.165, 1.54) is 0 Å². The SMILES string of the molecule is Cc1cccc(C(=O)N[C@H]2CC[C@@H](N)CC2)c1. The lowest BCUT2D eigenvalue weighted by molar-refractivity contribution is 0.0926. The monoisotopic (exact) mass is 232 g/mol. The Hall–Kier alpha value is -1.35. The Morgan fingerprint density at radius 2 is 2.00 bits per heavy atom. The maximum absolute atomic E-state index is 12.0. The van der Waals surface area contributed by atoms with Crippen LogP contribution in [0.2, 0.25) is 0 Å². The van der Waals surface area contributed by atoms with Crippen molar-refractivity contribution in [3.05, 3.63) is 35.4 Å². The number of carbonyl (C=O) groups is 1. The minimum absolute atomic E-state index is 0.0363. The van der Waals surface area contributed by atoms with E-state index in [2.05, 4.69) is 5.32 Å². The van der Waals surface area contributed by atoms with E-state index in [9.17, 15) is 4.79 Å². The molecule has 92 valence electrons. The normalized spacial score (nSPS) is 24.4. The number of hydrogen-bond acceptors (Lipinski definition) is 2. The van der Waals surface area contributed by atoms with Gasteiger partial charge in [0.15, 0.2) is 0 Å². The molecule has 0 aliphatic heterocycles. The number of nitrogens with one attached hydrogen (secondary N) is 1. The molecule has 0 radical (unpaired) electrons. The number of aryl methyl sites for hydroxylation is 1. The average molecular weight is 232 g/mol. The van der Waals surface area contributed by atoms with Crippen LogP contribution in [-0.4, -0.2) is 18.0 Å². The molecule has 0 atom stereocenters. The van der Waals surface area contributed by atoms with E-state index in [0.717, 1.165) is 36.8 Å². The fraction of sp³-hybridized carbons (Fsp3) is 0.500. The third kappa shape index (κ3) is 3.30. The third-order valence-corrected chi connectivity index (χ3v) is 3.39. The summed E-state index contributed by atoms with van der Waals surface area (Å²) >= 11 is 0. The van der Waals surface area contributed by atoms with Gasteiger partial charge in [-0.1, -0.05) is 17.7 Å². The largest absolute Gasteiger partial charge is 0.349 e. The van der Waals surface area contributed by atoms with E-state index in [4.69, 9.17) is 5.73 Å². The van der Waals surface area contributed by atoms with Crippen molar-refractivity contribution in [1.29, 1.82) is 0 Å². The Balaban J connectivity index is 1.93. The van der Waals surface area contributed by atoms with Crippen LogP contribution < -0.4 is 11.1 Å². The topological polar surface area (TPSA) is 55.1 Å². The first-order chi connectivity index (χ1) is 8.15. The van der Waals surface area contributed by atoms with Crippen LogP contribution in [0.25, 0.3) is 0 Å². The standard InChI is InChI=1S/C14H20N2O/c1-10-3-2-4-11(9-10)14(17)16-13-7-5-12(15)6-8-13/h2-4,9,12-13H,5-8,15H2,1H3,(H,16,17)/t12-,13+. The quantitative estimate of drug-likeness (QED) is 0.819. The fourth-order valence-electron chi connectivity index (χ4n) is 2.32. The predicted octanol–water partition coefficient (Wildman–Crippen LogP) is 1.99. The van der Waals surface area contributed by atoms with Gasteiger partial charge in [0.2, 0.25) is 0 Å². The second-order valence-electron chi connectivity index (χ2n) is 4.95. The first-order valence-electron chi connectivity index (χ1n) is 6.28. The van der Waals surface area contributed by atoms with Gasteiger partial charge < -0.3 is 11.1 Å². The van der Waals surface area contributed by atoms with Gasteiger partial charge in [-0.05, 0) is 44.7 Å².